The van der Waals surface area contributed by atoms with Crippen molar-refractivity contribution in [1.82, 2.24) is 20.0 Å². The quantitative estimate of drug-likeness (QED) is 0.841. The summed E-state index contributed by atoms with van der Waals surface area (Å²) in [4.78, 5) is 29.2. The number of aromatic amines is 1. The summed E-state index contributed by atoms with van der Waals surface area (Å²) in [6, 6.07) is 7.79. The number of carbonyl (C=O) groups is 2. The van der Waals surface area contributed by atoms with Gasteiger partial charge >= 0.3 is 0 Å². The lowest BCUT2D eigenvalue weighted by molar-refractivity contribution is -0.132. The largest absolute Gasteiger partial charge is 0.496 e. The van der Waals surface area contributed by atoms with Crippen LogP contribution in [0.15, 0.2) is 24.3 Å². The molecular formula is C22H28N4O3. The first kappa shape index (κ1) is 19.5. The number of H-pyrrole nitrogens is 1. The minimum absolute atomic E-state index is 0.00878. The Kier molecular flexibility index (Phi) is 5.83. The van der Waals surface area contributed by atoms with Gasteiger partial charge in [0.05, 0.1) is 7.11 Å². The van der Waals surface area contributed by atoms with Crippen molar-refractivity contribution in [3.05, 3.63) is 46.8 Å². The molecule has 154 valence electrons. The molecule has 0 atom stereocenters. The van der Waals surface area contributed by atoms with Gasteiger partial charge in [0.2, 0.25) is 5.91 Å². The van der Waals surface area contributed by atoms with Gasteiger partial charge in [0.15, 0.2) is 5.69 Å². The number of ether oxygens (including phenoxy) is 1. The van der Waals surface area contributed by atoms with Gasteiger partial charge in [0.25, 0.3) is 5.91 Å². The van der Waals surface area contributed by atoms with Crippen LogP contribution in [0.4, 0.5) is 0 Å². The third kappa shape index (κ3) is 4.13. The monoisotopic (exact) mass is 396 g/mol. The Morgan fingerprint density at radius 1 is 1.07 bits per heavy atom. The zero-order valence-electron chi connectivity index (χ0n) is 16.9. The molecule has 1 aromatic carbocycles. The lowest BCUT2D eigenvalue weighted by Crippen LogP contribution is -2.50. The second-order valence-electron chi connectivity index (χ2n) is 7.72. The summed E-state index contributed by atoms with van der Waals surface area (Å²) in [5.74, 6) is 0.934. The number of aromatic nitrogens is 2. The van der Waals surface area contributed by atoms with Gasteiger partial charge in [0.1, 0.15) is 5.75 Å². The van der Waals surface area contributed by atoms with Gasteiger partial charge in [-0.2, -0.15) is 5.10 Å². The lowest BCUT2D eigenvalue weighted by Gasteiger charge is -2.34. The zero-order chi connectivity index (χ0) is 20.2. The number of benzene rings is 1. The third-order valence-electron chi connectivity index (χ3n) is 5.98. The highest BCUT2D eigenvalue weighted by Gasteiger charge is 2.29. The second kappa shape index (κ2) is 8.68. The molecule has 4 rings (SSSR count). The molecule has 1 fully saturated rings. The van der Waals surface area contributed by atoms with E-state index in [0.29, 0.717) is 44.7 Å². The normalized spacial score (nSPS) is 16.4. The number of hydrogen-bond donors (Lipinski definition) is 1. The first-order valence-electron chi connectivity index (χ1n) is 10.4. The van der Waals surface area contributed by atoms with Gasteiger partial charge in [0, 0.05) is 43.9 Å². The van der Waals surface area contributed by atoms with Crippen LogP contribution in [0.2, 0.25) is 0 Å². The highest BCUT2D eigenvalue weighted by atomic mass is 16.5. The summed E-state index contributed by atoms with van der Waals surface area (Å²) < 4.78 is 5.36. The van der Waals surface area contributed by atoms with Crippen LogP contribution in [0.1, 0.15) is 46.6 Å². The first-order chi connectivity index (χ1) is 14.2. The Morgan fingerprint density at radius 2 is 1.79 bits per heavy atom. The molecule has 2 heterocycles. The van der Waals surface area contributed by atoms with Crippen molar-refractivity contribution >= 4 is 11.8 Å². The molecular weight excluding hydrogens is 368 g/mol. The molecule has 1 aliphatic heterocycles. The molecule has 29 heavy (non-hydrogen) atoms. The number of carbonyl (C=O) groups excluding carboxylic acids is 2. The number of nitrogens with one attached hydrogen (secondary N) is 1. The Labute approximate surface area is 171 Å². The van der Waals surface area contributed by atoms with E-state index >= 15 is 0 Å². The average molecular weight is 396 g/mol. The van der Waals surface area contributed by atoms with Crippen LogP contribution in [0.3, 0.4) is 0 Å². The van der Waals surface area contributed by atoms with Crippen LogP contribution >= 0.6 is 0 Å². The number of amides is 2. The number of nitrogens with zero attached hydrogens (tertiary/aromatic N) is 3. The van der Waals surface area contributed by atoms with Crippen LogP contribution in [0.5, 0.6) is 5.75 Å². The Balaban J connectivity index is 1.30. The van der Waals surface area contributed by atoms with Gasteiger partial charge in [-0.15, -0.1) is 0 Å². The SMILES string of the molecule is COc1ccccc1CCC(=O)N1CCN(C(=O)c2n[nH]c3c2CCCC3)CC1. The molecule has 7 nitrogen and oxygen atoms in total. The molecule has 2 aromatic rings. The first-order valence-corrected chi connectivity index (χ1v) is 10.4. The number of rotatable bonds is 5. The molecule has 0 unspecified atom stereocenters. The van der Waals surface area contributed by atoms with Crippen LogP contribution in [0, 0.1) is 0 Å². The fraction of sp³-hybridized carbons (Fsp3) is 0.500. The van der Waals surface area contributed by atoms with E-state index in [2.05, 4.69) is 10.2 Å². The Hall–Kier alpha value is -2.83. The zero-order valence-corrected chi connectivity index (χ0v) is 16.9. The van der Waals surface area contributed by atoms with E-state index in [1.54, 1.807) is 7.11 Å². The summed E-state index contributed by atoms with van der Waals surface area (Å²) in [5, 5.41) is 7.34. The van der Waals surface area contributed by atoms with Gasteiger partial charge in [-0.05, 0) is 43.7 Å². The van der Waals surface area contributed by atoms with Crippen molar-refractivity contribution in [3.8, 4) is 5.75 Å². The van der Waals surface area contributed by atoms with Crippen LogP contribution < -0.4 is 4.74 Å². The molecule has 2 amide bonds. The minimum Gasteiger partial charge on any atom is -0.496 e. The van der Waals surface area contributed by atoms with Gasteiger partial charge in [-0.25, -0.2) is 0 Å². The Bertz CT molecular complexity index is 884. The molecule has 2 aliphatic rings. The van der Waals surface area contributed by atoms with Gasteiger partial charge < -0.3 is 14.5 Å². The number of methoxy groups -OCH3 is 1. The van der Waals surface area contributed by atoms with Crippen molar-refractivity contribution in [2.45, 2.75) is 38.5 Å². The smallest absolute Gasteiger partial charge is 0.274 e. The lowest BCUT2D eigenvalue weighted by atomic mass is 9.95. The van der Waals surface area contributed by atoms with Crippen molar-refractivity contribution in [3.63, 3.8) is 0 Å². The second-order valence-corrected chi connectivity index (χ2v) is 7.72. The molecule has 1 aliphatic carbocycles. The maximum atomic E-state index is 12.9. The van der Waals surface area contributed by atoms with Crippen LogP contribution in [0.25, 0.3) is 0 Å². The Morgan fingerprint density at radius 3 is 2.59 bits per heavy atom. The number of hydrogen-bond acceptors (Lipinski definition) is 4. The fourth-order valence-electron chi connectivity index (χ4n) is 4.28. The molecule has 0 radical (unpaired) electrons. The molecule has 1 aromatic heterocycles. The number of aryl methyl sites for hydroxylation is 2. The van der Waals surface area contributed by atoms with E-state index < -0.39 is 0 Å². The molecule has 1 N–H and O–H groups in total. The summed E-state index contributed by atoms with van der Waals surface area (Å²) in [6.45, 7) is 2.26. The van der Waals surface area contributed by atoms with E-state index in [9.17, 15) is 9.59 Å². The van der Waals surface area contributed by atoms with E-state index in [1.807, 2.05) is 34.1 Å². The van der Waals surface area contributed by atoms with Gasteiger partial charge in [-0.1, -0.05) is 18.2 Å². The van der Waals surface area contributed by atoms with Crippen molar-refractivity contribution in [1.29, 1.82) is 0 Å². The predicted molar refractivity (Wildman–Crippen MR) is 109 cm³/mol. The van der Waals surface area contributed by atoms with E-state index in [1.165, 1.54) is 0 Å². The highest BCUT2D eigenvalue weighted by Crippen LogP contribution is 2.24. The fourth-order valence-corrected chi connectivity index (χ4v) is 4.28. The minimum atomic E-state index is -0.00878. The van der Waals surface area contributed by atoms with Crippen molar-refractivity contribution in [2.75, 3.05) is 33.3 Å². The van der Waals surface area contributed by atoms with Crippen LogP contribution in [-0.4, -0.2) is 65.1 Å². The maximum Gasteiger partial charge on any atom is 0.274 e. The van der Waals surface area contributed by atoms with Crippen molar-refractivity contribution in [2.24, 2.45) is 0 Å². The summed E-state index contributed by atoms with van der Waals surface area (Å²) in [5.41, 5.74) is 3.83. The number of para-hydroxylation sites is 1. The molecule has 1 saturated heterocycles. The maximum absolute atomic E-state index is 12.9. The highest BCUT2D eigenvalue weighted by molar-refractivity contribution is 5.94. The van der Waals surface area contributed by atoms with E-state index in [-0.39, 0.29) is 11.8 Å². The third-order valence-corrected chi connectivity index (χ3v) is 5.98. The molecule has 0 bridgehead atoms. The summed E-state index contributed by atoms with van der Waals surface area (Å²) >= 11 is 0. The van der Waals surface area contributed by atoms with Crippen LogP contribution in [-0.2, 0) is 24.1 Å². The summed E-state index contributed by atoms with van der Waals surface area (Å²) in [6.07, 6.45) is 5.26. The van der Waals surface area contributed by atoms with E-state index in [0.717, 1.165) is 48.3 Å². The molecule has 0 spiro atoms. The standard InChI is InChI=1S/C22H28N4O3/c1-29-19-9-5-2-6-16(19)10-11-20(27)25-12-14-26(15-13-25)22(28)21-17-7-3-4-8-18(17)23-24-21/h2,5-6,9H,3-4,7-8,10-15H2,1H3,(H,23,24). The number of fused-ring (bicyclic) bond motifs is 1. The predicted octanol–water partition coefficient (Wildman–Crippen LogP) is 2.21. The van der Waals surface area contributed by atoms with Gasteiger partial charge in [-0.3, -0.25) is 14.7 Å². The molecule has 7 heteroatoms. The van der Waals surface area contributed by atoms with E-state index in [4.69, 9.17) is 4.74 Å². The van der Waals surface area contributed by atoms with Crippen molar-refractivity contribution < 1.29 is 14.3 Å². The number of piperazine rings is 1. The molecule has 0 saturated carbocycles. The summed E-state index contributed by atoms with van der Waals surface area (Å²) in [7, 11) is 1.65. The topological polar surface area (TPSA) is 78.5 Å². The average Bonchev–Trinajstić information content (AvgIpc) is 3.21.